The van der Waals surface area contributed by atoms with Crippen LogP contribution >= 0.6 is 0 Å². The van der Waals surface area contributed by atoms with Crippen LogP contribution in [0.3, 0.4) is 0 Å². The maximum Gasteiger partial charge on any atom is 0.257 e. The number of benzene rings is 2. The highest BCUT2D eigenvalue weighted by Crippen LogP contribution is 2.25. The monoisotopic (exact) mass is 363 g/mol. The van der Waals surface area contributed by atoms with Crippen molar-refractivity contribution >= 4 is 11.8 Å². The van der Waals surface area contributed by atoms with Crippen LogP contribution in [-0.4, -0.2) is 17.0 Å². The highest BCUT2D eigenvalue weighted by molar-refractivity contribution is 6.00. The van der Waals surface area contributed by atoms with Crippen LogP contribution in [0.1, 0.15) is 34.2 Å². The molecule has 0 aliphatic heterocycles. The Morgan fingerprint density at radius 1 is 0.963 bits per heavy atom. The summed E-state index contributed by atoms with van der Waals surface area (Å²) < 4.78 is 5.25. The third kappa shape index (κ3) is 4.61. The predicted molar refractivity (Wildman–Crippen MR) is 102 cm³/mol. The van der Waals surface area contributed by atoms with Crippen molar-refractivity contribution in [1.29, 1.82) is 0 Å². The van der Waals surface area contributed by atoms with Crippen LogP contribution in [0.5, 0.6) is 0 Å². The third-order valence-corrected chi connectivity index (χ3v) is 4.12. The lowest BCUT2D eigenvalue weighted by atomic mass is 10.1. The Bertz CT molecular complexity index is 948. The Morgan fingerprint density at radius 2 is 1.63 bits per heavy atom. The van der Waals surface area contributed by atoms with Gasteiger partial charge >= 0.3 is 0 Å². The minimum Gasteiger partial charge on any atom is -0.360 e. The summed E-state index contributed by atoms with van der Waals surface area (Å²) in [6, 6.07) is 17.2. The first kappa shape index (κ1) is 18.4. The van der Waals surface area contributed by atoms with Gasteiger partial charge in [0.15, 0.2) is 0 Å². The number of hydrogen-bond acceptors (Lipinski definition) is 4. The maximum absolute atomic E-state index is 12.7. The summed E-state index contributed by atoms with van der Waals surface area (Å²) in [5.41, 5.74) is 3.72. The molecule has 0 aliphatic rings. The fraction of sp³-hybridized carbons (Fsp3) is 0.190. The number of aryl methyl sites for hydroxylation is 1. The summed E-state index contributed by atoms with van der Waals surface area (Å²) in [5.74, 6) is 0.163. The largest absolute Gasteiger partial charge is 0.360 e. The Morgan fingerprint density at radius 3 is 2.30 bits per heavy atom. The molecule has 0 unspecified atom stereocenters. The smallest absolute Gasteiger partial charge is 0.257 e. The van der Waals surface area contributed by atoms with Gasteiger partial charge in [0, 0.05) is 25.6 Å². The van der Waals surface area contributed by atoms with E-state index in [0.717, 1.165) is 16.7 Å². The highest BCUT2D eigenvalue weighted by atomic mass is 16.5. The molecule has 0 bridgehead atoms. The first-order valence-electron chi connectivity index (χ1n) is 8.66. The van der Waals surface area contributed by atoms with Crippen molar-refractivity contribution in [3.63, 3.8) is 0 Å². The fourth-order valence-electron chi connectivity index (χ4n) is 2.78. The lowest BCUT2D eigenvalue weighted by Gasteiger charge is -2.08. The summed E-state index contributed by atoms with van der Waals surface area (Å²) in [6.45, 7) is 4.03. The molecule has 0 spiro atoms. The van der Waals surface area contributed by atoms with Gasteiger partial charge in [0.05, 0.1) is 0 Å². The zero-order valence-corrected chi connectivity index (χ0v) is 15.3. The second kappa shape index (κ2) is 8.31. The topological polar surface area (TPSA) is 84.2 Å². The van der Waals surface area contributed by atoms with Crippen LogP contribution in [0.25, 0.3) is 11.3 Å². The van der Waals surface area contributed by atoms with Crippen molar-refractivity contribution in [2.45, 2.75) is 26.9 Å². The zero-order valence-electron chi connectivity index (χ0n) is 15.3. The number of hydrogen-bond donors (Lipinski definition) is 2. The Hall–Kier alpha value is -3.41. The summed E-state index contributed by atoms with van der Waals surface area (Å²) in [7, 11) is 0. The standard InChI is InChI=1S/C21H21N3O3/c1-14-19(20(24-27-14)18-9-4-3-5-10-18)21(26)23-13-17-8-6-7-16(11-17)12-22-15(2)25/h3-11H,12-13H2,1-2H3,(H,22,25)(H,23,26). The molecule has 27 heavy (non-hydrogen) atoms. The molecule has 0 saturated heterocycles. The molecule has 1 aromatic heterocycles. The number of rotatable bonds is 6. The molecule has 1 heterocycles. The van der Waals surface area contributed by atoms with Crippen LogP contribution in [0.4, 0.5) is 0 Å². The molecule has 138 valence electrons. The molecule has 6 heteroatoms. The van der Waals surface area contributed by atoms with Gasteiger partial charge in [-0.1, -0.05) is 59.8 Å². The number of amides is 2. The summed E-state index contributed by atoms with van der Waals surface area (Å²) in [6.07, 6.45) is 0. The highest BCUT2D eigenvalue weighted by Gasteiger charge is 2.21. The van der Waals surface area contributed by atoms with Crippen LogP contribution in [-0.2, 0) is 17.9 Å². The van der Waals surface area contributed by atoms with Gasteiger partial charge in [0.1, 0.15) is 17.0 Å². The molecule has 0 radical (unpaired) electrons. The van der Waals surface area contributed by atoms with Crippen molar-refractivity contribution < 1.29 is 14.1 Å². The van der Waals surface area contributed by atoms with Crippen molar-refractivity contribution in [3.05, 3.63) is 77.0 Å². The number of carbonyl (C=O) groups excluding carboxylic acids is 2. The average Bonchev–Trinajstić information content (AvgIpc) is 3.07. The van der Waals surface area contributed by atoms with Crippen molar-refractivity contribution in [1.82, 2.24) is 15.8 Å². The van der Waals surface area contributed by atoms with Crippen LogP contribution in [0.15, 0.2) is 59.1 Å². The van der Waals surface area contributed by atoms with Crippen molar-refractivity contribution in [2.75, 3.05) is 0 Å². The van der Waals surface area contributed by atoms with Crippen molar-refractivity contribution in [2.24, 2.45) is 0 Å². The van der Waals surface area contributed by atoms with Gasteiger partial charge in [0.25, 0.3) is 5.91 Å². The van der Waals surface area contributed by atoms with Crippen LogP contribution < -0.4 is 10.6 Å². The summed E-state index contributed by atoms with van der Waals surface area (Å²) >= 11 is 0. The van der Waals surface area contributed by atoms with E-state index >= 15 is 0 Å². The summed E-state index contributed by atoms with van der Waals surface area (Å²) in [5, 5.41) is 9.72. The first-order chi connectivity index (χ1) is 13.0. The van der Waals surface area contributed by atoms with Gasteiger partial charge in [-0.25, -0.2) is 0 Å². The molecule has 0 atom stereocenters. The number of aromatic nitrogens is 1. The van der Waals surface area contributed by atoms with Crippen LogP contribution in [0.2, 0.25) is 0 Å². The molecule has 6 nitrogen and oxygen atoms in total. The van der Waals surface area contributed by atoms with Gasteiger partial charge in [-0.05, 0) is 18.1 Å². The van der Waals surface area contributed by atoms with Gasteiger partial charge in [-0.2, -0.15) is 0 Å². The van der Waals surface area contributed by atoms with E-state index in [-0.39, 0.29) is 11.8 Å². The van der Waals surface area contributed by atoms with Crippen molar-refractivity contribution in [3.8, 4) is 11.3 Å². The molecule has 3 rings (SSSR count). The minimum absolute atomic E-state index is 0.0786. The quantitative estimate of drug-likeness (QED) is 0.704. The number of nitrogens with one attached hydrogen (secondary N) is 2. The molecule has 0 fully saturated rings. The lowest BCUT2D eigenvalue weighted by Crippen LogP contribution is -2.24. The van der Waals surface area contributed by atoms with E-state index in [9.17, 15) is 9.59 Å². The van der Waals surface area contributed by atoms with Gasteiger partial charge in [0.2, 0.25) is 5.91 Å². The third-order valence-electron chi connectivity index (χ3n) is 4.12. The summed E-state index contributed by atoms with van der Waals surface area (Å²) in [4.78, 5) is 23.8. The van der Waals surface area contributed by atoms with E-state index in [1.54, 1.807) is 6.92 Å². The normalized spacial score (nSPS) is 10.4. The lowest BCUT2D eigenvalue weighted by molar-refractivity contribution is -0.119. The fourth-order valence-corrected chi connectivity index (χ4v) is 2.78. The molecule has 3 aromatic rings. The molecule has 2 aromatic carbocycles. The number of nitrogens with zero attached hydrogens (tertiary/aromatic N) is 1. The molecular formula is C21H21N3O3. The zero-order chi connectivity index (χ0) is 19.2. The van der Waals surface area contributed by atoms with E-state index in [4.69, 9.17) is 4.52 Å². The number of carbonyl (C=O) groups is 2. The molecular weight excluding hydrogens is 342 g/mol. The SMILES string of the molecule is CC(=O)NCc1cccc(CNC(=O)c2c(-c3ccccc3)noc2C)c1. The van der Waals surface area contributed by atoms with Gasteiger partial charge in [-0.3, -0.25) is 9.59 Å². The first-order valence-corrected chi connectivity index (χ1v) is 8.66. The van der Waals surface area contributed by atoms with Gasteiger partial charge < -0.3 is 15.2 Å². The van der Waals surface area contributed by atoms with E-state index in [1.807, 2.05) is 54.6 Å². The predicted octanol–water partition coefficient (Wildman–Crippen LogP) is 3.22. The van der Waals surface area contributed by atoms with E-state index in [1.165, 1.54) is 6.92 Å². The molecule has 0 aliphatic carbocycles. The van der Waals surface area contributed by atoms with E-state index < -0.39 is 0 Å². The second-order valence-electron chi connectivity index (χ2n) is 6.24. The molecule has 0 saturated carbocycles. The Balaban J connectivity index is 1.71. The average molecular weight is 363 g/mol. The van der Waals surface area contributed by atoms with E-state index in [2.05, 4.69) is 15.8 Å². The van der Waals surface area contributed by atoms with Crippen LogP contribution in [0, 0.1) is 6.92 Å². The molecule has 2 amide bonds. The minimum atomic E-state index is -0.236. The van der Waals surface area contributed by atoms with Gasteiger partial charge in [-0.15, -0.1) is 0 Å². The Labute approximate surface area is 157 Å². The second-order valence-corrected chi connectivity index (χ2v) is 6.24. The maximum atomic E-state index is 12.7. The molecule has 2 N–H and O–H groups in total. The van der Waals surface area contributed by atoms with E-state index in [0.29, 0.717) is 30.1 Å². The Kier molecular flexibility index (Phi) is 5.66.